The summed E-state index contributed by atoms with van der Waals surface area (Å²) in [6, 6.07) is 7.03. The van der Waals surface area contributed by atoms with Crippen LogP contribution in [0.5, 0.6) is 0 Å². The van der Waals surface area contributed by atoms with Crippen molar-refractivity contribution in [1.82, 2.24) is 15.5 Å². The van der Waals surface area contributed by atoms with E-state index in [2.05, 4.69) is 34.3 Å². The lowest BCUT2D eigenvalue weighted by Gasteiger charge is -2.36. The summed E-state index contributed by atoms with van der Waals surface area (Å²) < 4.78 is 14.0. The Morgan fingerprint density at radius 3 is 2.52 bits per heavy atom. The molecule has 1 fully saturated rings. The monoisotopic (exact) mass is 549 g/mol. The predicted molar refractivity (Wildman–Crippen MR) is 139 cm³/mol. The fraction of sp³-hybridized carbons (Fsp3) is 0.696. The molecule has 8 heteroatoms. The zero-order chi connectivity index (χ0) is 21.6. The van der Waals surface area contributed by atoms with Crippen LogP contribution in [0.1, 0.15) is 39.5 Å². The number of nitrogens with one attached hydrogen (secondary N) is 2. The number of nitrogens with zero attached hydrogens (tertiary/aromatic N) is 3. The van der Waals surface area contributed by atoms with E-state index in [1.165, 1.54) is 6.07 Å². The minimum Gasteiger partial charge on any atom is -0.396 e. The van der Waals surface area contributed by atoms with Crippen molar-refractivity contribution in [2.75, 3.05) is 63.9 Å². The van der Waals surface area contributed by atoms with Gasteiger partial charge in [0, 0.05) is 52.4 Å². The Labute approximate surface area is 204 Å². The van der Waals surface area contributed by atoms with Crippen LogP contribution in [0.3, 0.4) is 0 Å². The minimum atomic E-state index is -0.134. The molecule has 1 aromatic carbocycles. The number of para-hydroxylation sites is 1. The Balaban J connectivity index is 0.00000480. The Hall–Kier alpha value is -1.13. The number of benzene rings is 1. The Kier molecular flexibility index (Phi) is 14.8. The number of aliphatic hydroxyl groups excluding tert-OH is 1. The maximum absolute atomic E-state index is 14.0. The van der Waals surface area contributed by atoms with Crippen LogP contribution < -0.4 is 15.5 Å². The number of hydrogen-bond acceptors (Lipinski definition) is 4. The van der Waals surface area contributed by atoms with E-state index in [9.17, 15) is 9.50 Å². The molecule has 0 radical (unpaired) electrons. The second-order valence-electron chi connectivity index (χ2n) is 7.95. The van der Waals surface area contributed by atoms with Gasteiger partial charge in [-0.1, -0.05) is 25.5 Å². The van der Waals surface area contributed by atoms with Gasteiger partial charge in [0.2, 0.25) is 0 Å². The van der Waals surface area contributed by atoms with Crippen LogP contribution in [0.4, 0.5) is 10.1 Å². The number of anilines is 1. The van der Waals surface area contributed by atoms with Gasteiger partial charge >= 0.3 is 0 Å². The smallest absolute Gasteiger partial charge is 0.191 e. The number of rotatable bonds is 12. The number of guanidine groups is 1. The molecule has 1 atom stereocenters. The molecule has 0 amide bonds. The average Bonchev–Trinajstić information content (AvgIpc) is 2.76. The SMILES string of the molecule is CCCC(CCO)CN=C(NCC)NCCCN1CCN(c2ccccc2F)CC1.I. The molecular weight excluding hydrogens is 508 g/mol. The molecule has 3 N–H and O–H groups in total. The fourth-order valence-electron chi connectivity index (χ4n) is 3.91. The summed E-state index contributed by atoms with van der Waals surface area (Å²) in [7, 11) is 0. The van der Waals surface area contributed by atoms with Crippen molar-refractivity contribution in [1.29, 1.82) is 0 Å². The first kappa shape index (κ1) is 27.9. The summed E-state index contributed by atoms with van der Waals surface area (Å²) in [4.78, 5) is 9.30. The molecule has 0 aromatic heterocycles. The number of halogens is 2. The zero-order valence-electron chi connectivity index (χ0n) is 19.2. The van der Waals surface area contributed by atoms with Crippen molar-refractivity contribution in [2.24, 2.45) is 10.9 Å². The topological polar surface area (TPSA) is 63.1 Å². The number of hydrogen-bond donors (Lipinski definition) is 3. The van der Waals surface area contributed by atoms with Crippen LogP contribution in [-0.2, 0) is 0 Å². The molecule has 1 saturated heterocycles. The van der Waals surface area contributed by atoms with Gasteiger partial charge in [0.25, 0.3) is 0 Å². The maximum Gasteiger partial charge on any atom is 0.191 e. The molecule has 2 rings (SSSR count). The third-order valence-corrected chi connectivity index (χ3v) is 5.60. The van der Waals surface area contributed by atoms with Gasteiger partial charge in [0.1, 0.15) is 5.82 Å². The molecule has 31 heavy (non-hydrogen) atoms. The van der Waals surface area contributed by atoms with Gasteiger partial charge in [0.15, 0.2) is 5.96 Å². The van der Waals surface area contributed by atoms with Crippen molar-refractivity contribution in [3.8, 4) is 0 Å². The average molecular weight is 550 g/mol. The lowest BCUT2D eigenvalue weighted by atomic mass is 10.0. The van der Waals surface area contributed by atoms with Crippen molar-refractivity contribution >= 4 is 35.6 Å². The quantitative estimate of drug-likeness (QED) is 0.162. The Bertz CT molecular complexity index is 620. The predicted octanol–water partition coefficient (Wildman–Crippen LogP) is 3.31. The van der Waals surface area contributed by atoms with Gasteiger partial charge in [-0.25, -0.2) is 4.39 Å². The molecule has 1 aliphatic heterocycles. The van der Waals surface area contributed by atoms with Crippen molar-refractivity contribution in [3.63, 3.8) is 0 Å². The van der Waals surface area contributed by atoms with Crippen LogP contribution in [0.25, 0.3) is 0 Å². The molecule has 1 aromatic rings. The summed E-state index contributed by atoms with van der Waals surface area (Å²) in [5, 5.41) is 16.0. The van der Waals surface area contributed by atoms with Crippen LogP contribution >= 0.6 is 24.0 Å². The normalized spacial score (nSPS) is 16.0. The first-order chi connectivity index (χ1) is 14.7. The molecule has 0 spiro atoms. The second kappa shape index (κ2) is 16.5. The standard InChI is InChI=1S/C23H40FN5O.HI/c1-3-8-20(11-18-30)19-27-23(25-4-2)26-12-7-13-28-14-16-29(17-15-28)22-10-6-5-9-21(22)24;/h5-6,9-10,20,30H,3-4,7-8,11-19H2,1-2H3,(H2,25,26,27);1H. The molecule has 1 unspecified atom stereocenters. The summed E-state index contributed by atoms with van der Waals surface area (Å²) in [5.74, 6) is 1.17. The highest BCUT2D eigenvalue weighted by molar-refractivity contribution is 14.0. The molecule has 0 saturated carbocycles. The van der Waals surface area contributed by atoms with E-state index < -0.39 is 0 Å². The van der Waals surface area contributed by atoms with Gasteiger partial charge in [-0.2, -0.15) is 0 Å². The van der Waals surface area contributed by atoms with Crippen molar-refractivity contribution in [2.45, 2.75) is 39.5 Å². The van der Waals surface area contributed by atoms with E-state index in [-0.39, 0.29) is 36.4 Å². The summed E-state index contributed by atoms with van der Waals surface area (Å²) >= 11 is 0. The zero-order valence-corrected chi connectivity index (χ0v) is 21.5. The van der Waals surface area contributed by atoms with E-state index in [1.807, 2.05) is 12.1 Å². The van der Waals surface area contributed by atoms with E-state index in [0.717, 1.165) is 84.0 Å². The molecule has 6 nitrogen and oxygen atoms in total. The van der Waals surface area contributed by atoms with Crippen LogP contribution in [0.15, 0.2) is 29.3 Å². The van der Waals surface area contributed by atoms with Gasteiger partial charge < -0.3 is 20.6 Å². The van der Waals surface area contributed by atoms with Gasteiger partial charge in [0.05, 0.1) is 5.69 Å². The number of piperazine rings is 1. The molecule has 178 valence electrons. The van der Waals surface area contributed by atoms with Gasteiger partial charge in [-0.05, 0) is 50.8 Å². The fourth-order valence-corrected chi connectivity index (χ4v) is 3.91. The maximum atomic E-state index is 14.0. The first-order valence-corrected chi connectivity index (χ1v) is 11.5. The third-order valence-electron chi connectivity index (χ3n) is 5.60. The summed E-state index contributed by atoms with van der Waals surface area (Å²) in [6.45, 7) is 11.6. The highest BCUT2D eigenvalue weighted by Gasteiger charge is 2.18. The second-order valence-corrected chi connectivity index (χ2v) is 7.95. The number of aliphatic imine (C=N–C) groups is 1. The van der Waals surface area contributed by atoms with E-state index in [0.29, 0.717) is 11.6 Å². The Morgan fingerprint density at radius 2 is 1.87 bits per heavy atom. The van der Waals surface area contributed by atoms with E-state index in [4.69, 9.17) is 4.99 Å². The Morgan fingerprint density at radius 1 is 1.13 bits per heavy atom. The molecular formula is C23H41FIN5O. The van der Waals surface area contributed by atoms with Crippen molar-refractivity contribution < 1.29 is 9.50 Å². The van der Waals surface area contributed by atoms with Crippen LogP contribution in [-0.4, -0.2) is 74.9 Å². The molecule has 0 aliphatic carbocycles. The summed E-state index contributed by atoms with van der Waals surface area (Å²) in [5.41, 5.74) is 0.716. The molecule has 0 bridgehead atoms. The highest BCUT2D eigenvalue weighted by atomic mass is 127. The molecule has 1 aliphatic rings. The van der Waals surface area contributed by atoms with Crippen molar-refractivity contribution in [3.05, 3.63) is 30.1 Å². The largest absolute Gasteiger partial charge is 0.396 e. The lowest BCUT2D eigenvalue weighted by molar-refractivity contribution is 0.253. The van der Waals surface area contributed by atoms with Gasteiger partial charge in [-0.3, -0.25) is 9.89 Å². The van der Waals surface area contributed by atoms with Crippen LogP contribution in [0, 0.1) is 11.7 Å². The third kappa shape index (κ3) is 10.4. The molecule has 1 heterocycles. The first-order valence-electron chi connectivity index (χ1n) is 11.5. The lowest BCUT2D eigenvalue weighted by Crippen LogP contribution is -2.47. The van der Waals surface area contributed by atoms with Gasteiger partial charge in [-0.15, -0.1) is 24.0 Å². The van der Waals surface area contributed by atoms with Crippen LogP contribution in [0.2, 0.25) is 0 Å². The highest BCUT2D eigenvalue weighted by Crippen LogP contribution is 2.20. The number of aliphatic hydroxyl groups is 1. The minimum absolute atomic E-state index is 0. The summed E-state index contributed by atoms with van der Waals surface area (Å²) in [6.07, 6.45) is 4.07. The van der Waals surface area contributed by atoms with E-state index in [1.54, 1.807) is 6.07 Å². The van der Waals surface area contributed by atoms with E-state index >= 15 is 0 Å².